The van der Waals surface area contributed by atoms with Crippen molar-refractivity contribution in [3.63, 3.8) is 0 Å². The number of carbonyl (C=O) groups excluding carboxylic acids is 1. The van der Waals surface area contributed by atoms with E-state index in [4.69, 9.17) is 15.2 Å². The third kappa shape index (κ3) is 3.98. The maximum atomic E-state index is 12.6. The van der Waals surface area contributed by atoms with E-state index in [0.717, 1.165) is 25.7 Å². The number of nitrogens with two attached hydrogens (primary N) is 1. The number of hydrogen-bond donors (Lipinski definition) is 1. The van der Waals surface area contributed by atoms with Crippen LogP contribution in [0.5, 0.6) is 11.5 Å². The molecule has 3 rings (SSSR count). The Morgan fingerprint density at radius 1 is 1.14 bits per heavy atom. The highest BCUT2D eigenvalue weighted by molar-refractivity contribution is 5.84. The average Bonchev–Trinajstić information content (AvgIpc) is 3.27. The number of benzene rings is 1. The Labute approximate surface area is 165 Å². The maximum absolute atomic E-state index is 12.6. The van der Waals surface area contributed by atoms with Gasteiger partial charge in [0.2, 0.25) is 5.91 Å². The standard InChI is InChI=1S/C20H27N5O3/c1-27-17-8-7-16(15(13-21)18(17)28-2)23-20(22)25-11-9-24(10-12-25)19(26)14-5-3-4-6-14/h7-8,14H,3-6,9-12H2,1-2H3,(H2,22,23). The van der Waals surface area contributed by atoms with E-state index in [1.54, 1.807) is 12.1 Å². The Balaban J connectivity index is 1.70. The largest absolute Gasteiger partial charge is 0.493 e. The number of amides is 1. The van der Waals surface area contributed by atoms with Crippen LogP contribution in [0.25, 0.3) is 0 Å². The van der Waals surface area contributed by atoms with Gasteiger partial charge in [0.1, 0.15) is 11.6 Å². The van der Waals surface area contributed by atoms with Gasteiger partial charge in [0, 0.05) is 32.1 Å². The van der Waals surface area contributed by atoms with Gasteiger partial charge in [-0.1, -0.05) is 12.8 Å². The van der Waals surface area contributed by atoms with Crippen molar-refractivity contribution in [3.8, 4) is 17.6 Å². The molecule has 1 amide bonds. The van der Waals surface area contributed by atoms with Crippen molar-refractivity contribution in [2.24, 2.45) is 16.6 Å². The summed E-state index contributed by atoms with van der Waals surface area (Å²) in [6, 6.07) is 5.50. The van der Waals surface area contributed by atoms with Gasteiger partial charge in [-0.15, -0.1) is 0 Å². The zero-order valence-corrected chi connectivity index (χ0v) is 16.5. The number of piperazine rings is 1. The second-order valence-corrected chi connectivity index (χ2v) is 7.07. The molecule has 2 N–H and O–H groups in total. The number of nitriles is 1. The molecule has 0 aromatic heterocycles. The monoisotopic (exact) mass is 385 g/mol. The van der Waals surface area contributed by atoms with E-state index in [1.165, 1.54) is 14.2 Å². The van der Waals surface area contributed by atoms with Gasteiger partial charge in [-0.25, -0.2) is 4.99 Å². The topological polar surface area (TPSA) is 104 Å². The first-order valence-electron chi connectivity index (χ1n) is 9.62. The highest BCUT2D eigenvalue weighted by Crippen LogP contribution is 2.36. The molecule has 1 aliphatic carbocycles. The lowest BCUT2D eigenvalue weighted by atomic mass is 10.1. The number of aliphatic imine (C=N–C) groups is 1. The van der Waals surface area contributed by atoms with Gasteiger partial charge in [-0.2, -0.15) is 5.26 Å². The maximum Gasteiger partial charge on any atom is 0.225 e. The van der Waals surface area contributed by atoms with Crippen LogP contribution in [0.2, 0.25) is 0 Å². The number of carbonyl (C=O) groups is 1. The van der Waals surface area contributed by atoms with Gasteiger partial charge >= 0.3 is 0 Å². The summed E-state index contributed by atoms with van der Waals surface area (Å²) in [5.41, 5.74) is 6.91. The van der Waals surface area contributed by atoms with E-state index < -0.39 is 0 Å². The molecule has 1 saturated heterocycles. The quantitative estimate of drug-likeness (QED) is 0.627. The summed E-state index contributed by atoms with van der Waals surface area (Å²) in [7, 11) is 3.00. The van der Waals surface area contributed by atoms with E-state index in [1.807, 2.05) is 9.80 Å². The van der Waals surface area contributed by atoms with Crippen LogP contribution in [0.15, 0.2) is 17.1 Å². The molecular weight excluding hydrogens is 358 g/mol. The summed E-state index contributed by atoms with van der Waals surface area (Å²) in [5, 5.41) is 9.52. The Morgan fingerprint density at radius 2 is 1.79 bits per heavy atom. The Morgan fingerprint density at radius 3 is 2.36 bits per heavy atom. The molecule has 1 aliphatic heterocycles. The zero-order valence-electron chi connectivity index (χ0n) is 16.5. The fourth-order valence-corrected chi connectivity index (χ4v) is 3.90. The number of hydrogen-bond acceptors (Lipinski definition) is 5. The number of methoxy groups -OCH3 is 2. The van der Waals surface area contributed by atoms with Crippen molar-refractivity contribution in [2.75, 3.05) is 40.4 Å². The highest BCUT2D eigenvalue weighted by atomic mass is 16.5. The van der Waals surface area contributed by atoms with Crippen molar-refractivity contribution >= 4 is 17.6 Å². The first kappa shape index (κ1) is 19.8. The molecule has 8 nitrogen and oxygen atoms in total. The minimum Gasteiger partial charge on any atom is -0.493 e. The summed E-state index contributed by atoms with van der Waals surface area (Å²) < 4.78 is 10.5. The number of ether oxygens (including phenoxy) is 2. The normalized spacial score (nSPS) is 18.1. The highest BCUT2D eigenvalue weighted by Gasteiger charge is 2.29. The third-order valence-corrected chi connectivity index (χ3v) is 5.49. The van der Waals surface area contributed by atoms with Gasteiger partial charge in [0.05, 0.1) is 19.9 Å². The lowest BCUT2D eigenvalue weighted by Gasteiger charge is -2.36. The van der Waals surface area contributed by atoms with Gasteiger partial charge < -0.3 is 25.0 Å². The molecule has 150 valence electrons. The second-order valence-electron chi connectivity index (χ2n) is 7.07. The predicted octanol–water partition coefficient (Wildman–Crippen LogP) is 1.86. The van der Waals surface area contributed by atoms with Crippen LogP contribution in [0, 0.1) is 17.2 Å². The van der Waals surface area contributed by atoms with Gasteiger partial charge in [0.25, 0.3) is 0 Å². The average molecular weight is 385 g/mol. The van der Waals surface area contributed by atoms with E-state index >= 15 is 0 Å². The van der Waals surface area contributed by atoms with E-state index in [9.17, 15) is 10.1 Å². The minimum absolute atomic E-state index is 0.197. The molecule has 1 aromatic rings. The summed E-state index contributed by atoms with van der Waals surface area (Å²) in [6.07, 6.45) is 4.34. The molecule has 0 spiro atoms. The van der Waals surface area contributed by atoms with Crippen LogP contribution in [-0.2, 0) is 4.79 Å². The zero-order chi connectivity index (χ0) is 20.1. The molecule has 0 radical (unpaired) electrons. The minimum atomic E-state index is 0.197. The lowest BCUT2D eigenvalue weighted by molar-refractivity contribution is -0.136. The van der Waals surface area contributed by atoms with E-state index in [-0.39, 0.29) is 17.4 Å². The third-order valence-electron chi connectivity index (χ3n) is 5.49. The van der Waals surface area contributed by atoms with Crippen LogP contribution in [0.1, 0.15) is 31.2 Å². The second kappa shape index (κ2) is 8.83. The van der Waals surface area contributed by atoms with Crippen molar-refractivity contribution in [2.45, 2.75) is 25.7 Å². The van der Waals surface area contributed by atoms with Crippen LogP contribution in [-0.4, -0.2) is 62.1 Å². The summed E-state index contributed by atoms with van der Waals surface area (Å²) in [6.45, 7) is 2.54. The molecule has 28 heavy (non-hydrogen) atoms. The first-order valence-corrected chi connectivity index (χ1v) is 9.62. The van der Waals surface area contributed by atoms with Crippen molar-refractivity contribution in [1.29, 1.82) is 5.26 Å². The van der Waals surface area contributed by atoms with Crippen molar-refractivity contribution in [3.05, 3.63) is 17.7 Å². The summed E-state index contributed by atoms with van der Waals surface area (Å²) in [4.78, 5) is 20.9. The molecule has 0 unspecified atom stereocenters. The van der Waals surface area contributed by atoms with Crippen LogP contribution < -0.4 is 15.2 Å². The van der Waals surface area contributed by atoms with Gasteiger partial charge in [-0.3, -0.25) is 4.79 Å². The molecule has 1 heterocycles. The molecule has 2 aliphatic rings. The van der Waals surface area contributed by atoms with Crippen LogP contribution in [0.3, 0.4) is 0 Å². The van der Waals surface area contributed by atoms with Crippen LogP contribution >= 0.6 is 0 Å². The first-order chi connectivity index (χ1) is 13.6. The fourth-order valence-electron chi connectivity index (χ4n) is 3.90. The van der Waals surface area contributed by atoms with E-state index in [0.29, 0.717) is 49.3 Å². The van der Waals surface area contributed by atoms with Gasteiger partial charge in [0.15, 0.2) is 17.5 Å². The number of nitrogens with zero attached hydrogens (tertiary/aromatic N) is 4. The lowest BCUT2D eigenvalue weighted by Crippen LogP contribution is -2.53. The molecular formula is C20H27N5O3. The molecule has 1 saturated carbocycles. The smallest absolute Gasteiger partial charge is 0.225 e. The summed E-state index contributed by atoms with van der Waals surface area (Å²) in [5.74, 6) is 1.61. The van der Waals surface area contributed by atoms with Crippen LogP contribution in [0.4, 0.5) is 5.69 Å². The van der Waals surface area contributed by atoms with Crippen molar-refractivity contribution in [1.82, 2.24) is 9.80 Å². The fraction of sp³-hybridized carbons (Fsp3) is 0.550. The molecule has 0 bridgehead atoms. The molecule has 2 fully saturated rings. The Kier molecular flexibility index (Phi) is 6.24. The van der Waals surface area contributed by atoms with E-state index in [2.05, 4.69) is 11.1 Å². The number of guanidine groups is 1. The molecule has 0 atom stereocenters. The SMILES string of the molecule is COc1ccc(N=C(N)N2CCN(C(=O)C3CCCC3)CC2)c(C#N)c1OC. The predicted molar refractivity (Wildman–Crippen MR) is 106 cm³/mol. The summed E-state index contributed by atoms with van der Waals surface area (Å²) >= 11 is 0. The van der Waals surface area contributed by atoms with Gasteiger partial charge in [-0.05, 0) is 25.0 Å². The van der Waals surface area contributed by atoms with Crippen molar-refractivity contribution < 1.29 is 14.3 Å². The molecule has 1 aromatic carbocycles. The molecule has 8 heteroatoms. The Hall–Kier alpha value is -2.95. The number of rotatable bonds is 4. The Bertz CT molecular complexity index is 788.